The van der Waals surface area contributed by atoms with E-state index in [2.05, 4.69) is 15.8 Å². The lowest BCUT2D eigenvalue weighted by Gasteiger charge is -2.08. The molecule has 0 bridgehead atoms. The normalized spacial score (nSPS) is 12.0. The number of fused-ring (bicyclic) bond motifs is 1. The van der Waals surface area contributed by atoms with Crippen molar-refractivity contribution in [1.29, 1.82) is 0 Å². The number of anilines is 1. The number of thiophene rings is 1. The van der Waals surface area contributed by atoms with Crippen LogP contribution in [0.2, 0.25) is 0 Å². The summed E-state index contributed by atoms with van der Waals surface area (Å²) in [6.07, 6.45) is 3.52. The van der Waals surface area contributed by atoms with Gasteiger partial charge < -0.3 is 14.8 Å². The van der Waals surface area contributed by atoms with Gasteiger partial charge in [-0.1, -0.05) is 24.3 Å². The first-order valence-corrected chi connectivity index (χ1v) is 12.6. The van der Waals surface area contributed by atoms with Gasteiger partial charge in [0.05, 0.1) is 23.3 Å². The first kappa shape index (κ1) is 27.1. The average Bonchev–Trinajstić information content (AvgIpc) is 3.50. The van der Waals surface area contributed by atoms with Crippen molar-refractivity contribution in [2.75, 3.05) is 11.9 Å². The molecule has 0 radical (unpaired) electrons. The molecule has 1 aromatic heterocycles. The van der Waals surface area contributed by atoms with Gasteiger partial charge in [-0.25, -0.2) is 15.0 Å². The molecular formula is C26H22N4O8S. The van der Waals surface area contributed by atoms with E-state index in [1.807, 2.05) is 0 Å². The molecule has 13 heteroatoms. The number of nitro benzene ring substituents is 1. The second-order valence-corrected chi connectivity index (χ2v) is 9.24. The summed E-state index contributed by atoms with van der Waals surface area (Å²) in [5.74, 6) is -3.61. The molecule has 0 unspecified atom stereocenters. The van der Waals surface area contributed by atoms with E-state index in [0.717, 1.165) is 29.5 Å². The molecule has 2 aromatic carbocycles. The lowest BCUT2D eigenvalue weighted by molar-refractivity contribution is -0.385. The number of rotatable bonds is 8. The highest BCUT2D eigenvalue weighted by Gasteiger charge is 2.29. The Morgan fingerprint density at radius 3 is 2.56 bits per heavy atom. The Hall–Kier alpha value is -4.91. The van der Waals surface area contributed by atoms with E-state index in [1.165, 1.54) is 47.7 Å². The van der Waals surface area contributed by atoms with E-state index in [1.54, 1.807) is 19.1 Å². The van der Waals surface area contributed by atoms with Gasteiger partial charge in [0.2, 0.25) is 0 Å². The molecule has 0 fully saturated rings. The Kier molecular flexibility index (Phi) is 8.41. The van der Waals surface area contributed by atoms with Gasteiger partial charge in [0.1, 0.15) is 16.3 Å². The number of benzene rings is 2. The second-order valence-electron chi connectivity index (χ2n) is 8.14. The van der Waals surface area contributed by atoms with Crippen molar-refractivity contribution in [3.63, 3.8) is 0 Å². The number of aryl methyl sites for hydroxylation is 1. The van der Waals surface area contributed by atoms with Crippen molar-refractivity contribution < 1.29 is 33.6 Å². The fourth-order valence-corrected chi connectivity index (χ4v) is 5.20. The minimum absolute atomic E-state index is 0.0234. The molecule has 1 aliphatic rings. The SMILES string of the molecule is CCOC(=O)c1c(NC(=O)C(=O)NN=Cc2ccccc2OC(=O)c2ccccc2[N+](=O)[O-])sc2c1CCC2. The van der Waals surface area contributed by atoms with Crippen LogP contribution in [0.3, 0.4) is 0 Å². The molecule has 3 aromatic rings. The second kappa shape index (κ2) is 12.1. The van der Waals surface area contributed by atoms with Crippen LogP contribution in [0, 0.1) is 10.1 Å². The highest BCUT2D eigenvalue weighted by molar-refractivity contribution is 7.17. The van der Waals surface area contributed by atoms with Gasteiger partial charge in [-0.3, -0.25) is 19.7 Å². The first-order chi connectivity index (χ1) is 18.8. The summed E-state index contributed by atoms with van der Waals surface area (Å²) in [6, 6.07) is 11.5. The summed E-state index contributed by atoms with van der Waals surface area (Å²) in [5.41, 5.74) is 2.80. The van der Waals surface area contributed by atoms with E-state index in [4.69, 9.17) is 9.47 Å². The number of carbonyl (C=O) groups excluding carboxylic acids is 4. The Labute approximate surface area is 225 Å². The standard InChI is InChI=1S/C26H22N4O8S/c1-2-37-26(34)21-17-10-7-13-20(17)39-24(21)28-22(31)23(32)29-27-14-15-8-3-6-12-19(15)38-25(33)16-9-4-5-11-18(16)30(35)36/h3-6,8-9,11-12,14H,2,7,10,13H2,1H3,(H,28,31)(H,29,32). The summed E-state index contributed by atoms with van der Waals surface area (Å²) in [4.78, 5) is 61.4. The molecule has 4 rings (SSSR count). The molecule has 1 aliphatic carbocycles. The third-order valence-corrected chi connectivity index (χ3v) is 6.85. The van der Waals surface area contributed by atoms with Gasteiger partial charge in [0.15, 0.2) is 0 Å². The molecule has 0 atom stereocenters. The van der Waals surface area contributed by atoms with Crippen LogP contribution in [0.4, 0.5) is 10.7 Å². The van der Waals surface area contributed by atoms with E-state index < -0.39 is 34.4 Å². The third-order valence-electron chi connectivity index (χ3n) is 5.65. The number of nitro groups is 1. The van der Waals surface area contributed by atoms with Crippen molar-refractivity contribution in [3.05, 3.63) is 85.8 Å². The summed E-state index contributed by atoms with van der Waals surface area (Å²) >= 11 is 1.24. The zero-order valence-electron chi connectivity index (χ0n) is 20.6. The maximum Gasteiger partial charge on any atom is 0.350 e. The quantitative estimate of drug-likeness (QED) is 0.107. The molecular weight excluding hydrogens is 528 g/mol. The zero-order valence-corrected chi connectivity index (χ0v) is 21.4. The first-order valence-electron chi connectivity index (χ1n) is 11.8. The van der Waals surface area contributed by atoms with Crippen LogP contribution in [-0.4, -0.2) is 41.5 Å². The van der Waals surface area contributed by atoms with Crippen LogP contribution < -0.4 is 15.5 Å². The lowest BCUT2D eigenvalue weighted by atomic mass is 10.1. The number of para-hydroxylation sites is 2. The van der Waals surface area contributed by atoms with Crippen molar-refractivity contribution in [2.45, 2.75) is 26.2 Å². The van der Waals surface area contributed by atoms with Gasteiger partial charge in [-0.15, -0.1) is 11.3 Å². The van der Waals surface area contributed by atoms with Crippen LogP contribution in [0.5, 0.6) is 5.75 Å². The van der Waals surface area contributed by atoms with E-state index in [0.29, 0.717) is 6.42 Å². The molecule has 2 N–H and O–H groups in total. The number of esters is 2. The Bertz CT molecular complexity index is 1500. The number of hydrogen-bond donors (Lipinski definition) is 2. The third kappa shape index (κ3) is 6.15. The number of nitrogens with zero attached hydrogens (tertiary/aromatic N) is 2. The molecule has 200 valence electrons. The van der Waals surface area contributed by atoms with Crippen molar-refractivity contribution in [3.8, 4) is 5.75 Å². The largest absolute Gasteiger partial charge is 0.462 e. The van der Waals surface area contributed by atoms with Crippen LogP contribution in [-0.2, 0) is 27.2 Å². The number of ether oxygens (including phenoxy) is 2. The number of hydrogen-bond acceptors (Lipinski definition) is 10. The molecule has 2 amide bonds. The average molecular weight is 551 g/mol. The summed E-state index contributed by atoms with van der Waals surface area (Å²) in [6.45, 7) is 1.85. The minimum atomic E-state index is -1.09. The molecule has 12 nitrogen and oxygen atoms in total. The fourth-order valence-electron chi connectivity index (χ4n) is 3.92. The van der Waals surface area contributed by atoms with Gasteiger partial charge in [-0.2, -0.15) is 5.10 Å². The number of carbonyl (C=O) groups is 4. The highest BCUT2D eigenvalue weighted by Crippen LogP contribution is 2.39. The van der Waals surface area contributed by atoms with E-state index >= 15 is 0 Å². The highest BCUT2D eigenvalue weighted by atomic mass is 32.1. The predicted octanol–water partition coefficient (Wildman–Crippen LogP) is 3.63. The topological polar surface area (TPSA) is 166 Å². The van der Waals surface area contributed by atoms with Gasteiger partial charge in [-0.05, 0) is 49.9 Å². The van der Waals surface area contributed by atoms with Crippen molar-refractivity contribution >= 4 is 52.0 Å². The van der Waals surface area contributed by atoms with Gasteiger partial charge in [0.25, 0.3) is 5.69 Å². The Morgan fingerprint density at radius 2 is 1.79 bits per heavy atom. The Balaban J connectivity index is 1.43. The zero-order chi connectivity index (χ0) is 27.9. The summed E-state index contributed by atoms with van der Waals surface area (Å²) in [5, 5.41) is 17.7. The minimum Gasteiger partial charge on any atom is -0.462 e. The van der Waals surface area contributed by atoms with E-state index in [-0.39, 0.29) is 34.0 Å². The maximum atomic E-state index is 12.6. The molecule has 1 heterocycles. The lowest BCUT2D eigenvalue weighted by Crippen LogP contribution is -2.32. The fraction of sp³-hybridized carbons (Fsp3) is 0.192. The van der Waals surface area contributed by atoms with Crippen molar-refractivity contribution in [1.82, 2.24) is 5.43 Å². The van der Waals surface area contributed by atoms with Crippen LogP contribution in [0.25, 0.3) is 0 Å². The van der Waals surface area contributed by atoms with E-state index in [9.17, 15) is 29.3 Å². The van der Waals surface area contributed by atoms with Crippen LogP contribution >= 0.6 is 11.3 Å². The molecule has 0 spiro atoms. The number of amides is 2. The number of hydrazone groups is 1. The number of nitrogens with one attached hydrogen (secondary N) is 2. The molecule has 0 saturated carbocycles. The van der Waals surface area contributed by atoms with Gasteiger partial charge in [0, 0.05) is 16.5 Å². The van der Waals surface area contributed by atoms with Crippen molar-refractivity contribution in [2.24, 2.45) is 5.10 Å². The predicted molar refractivity (Wildman–Crippen MR) is 141 cm³/mol. The monoisotopic (exact) mass is 550 g/mol. The Morgan fingerprint density at radius 1 is 1.05 bits per heavy atom. The molecule has 0 saturated heterocycles. The molecule has 39 heavy (non-hydrogen) atoms. The van der Waals surface area contributed by atoms with Gasteiger partial charge >= 0.3 is 23.8 Å². The summed E-state index contributed by atoms with van der Waals surface area (Å²) in [7, 11) is 0. The summed E-state index contributed by atoms with van der Waals surface area (Å²) < 4.78 is 10.4. The molecule has 0 aliphatic heterocycles. The maximum absolute atomic E-state index is 12.6. The smallest absolute Gasteiger partial charge is 0.350 e. The van der Waals surface area contributed by atoms with Crippen LogP contribution in [0.15, 0.2) is 53.6 Å². The van der Waals surface area contributed by atoms with Crippen LogP contribution in [0.1, 0.15) is 50.1 Å².